The zero-order valence-electron chi connectivity index (χ0n) is 5.29. The first-order valence-corrected chi connectivity index (χ1v) is 5.02. The van der Waals surface area contributed by atoms with Crippen molar-refractivity contribution in [3.8, 4) is 0 Å². The number of allylic oxidation sites excluding steroid dienone is 1. The summed E-state index contributed by atoms with van der Waals surface area (Å²) in [6, 6.07) is 0. The van der Waals surface area contributed by atoms with E-state index in [1.807, 2.05) is 0 Å². The minimum absolute atomic E-state index is 0.211. The third kappa shape index (κ3) is 2.88. The van der Waals surface area contributed by atoms with Crippen LogP contribution in [0.3, 0.4) is 0 Å². The minimum Gasteiger partial charge on any atom is -0.224 e. The highest BCUT2D eigenvalue weighted by atomic mass is 32.3. The van der Waals surface area contributed by atoms with E-state index in [2.05, 4.69) is 0 Å². The lowest BCUT2D eigenvalue weighted by atomic mass is 10.8. The van der Waals surface area contributed by atoms with Gasteiger partial charge < -0.3 is 0 Å². The average molecular weight is 167 g/mol. The Morgan fingerprint density at radius 3 is 2.11 bits per heavy atom. The molecule has 0 radical (unpaired) electrons. The molecule has 5 heteroatoms. The van der Waals surface area contributed by atoms with Crippen LogP contribution in [0.5, 0.6) is 0 Å². The number of rotatable bonds is 2. The summed E-state index contributed by atoms with van der Waals surface area (Å²) in [5.41, 5.74) is 0. The lowest BCUT2D eigenvalue weighted by molar-refractivity contribution is 0.605. The Labute approximate surface area is 59.4 Å². The largest absolute Gasteiger partial charge is 0.243 e. The molecule has 0 heterocycles. The van der Waals surface area contributed by atoms with Crippen LogP contribution in [0, 0.1) is 0 Å². The van der Waals surface area contributed by atoms with Gasteiger partial charge in [0.1, 0.15) is 4.24 Å². The molecule has 54 valence electrons. The minimum atomic E-state index is -3.44. The van der Waals surface area contributed by atoms with Crippen LogP contribution in [0.25, 0.3) is 0 Å². The summed E-state index contributed by atoms with van der Waals surface area (Å²) in [5.74, 6) is 0. The summed E-state index contributed by atoms with van der Waals surface area (Å²) in [6.45, 7) is 1.64. The van der Waals surface area contributed by atoms with Crippen molar-refractivity contribution < 1.29 is 8.42 Å². The highest BCUT2D eigenvalue weighted by Gasteiger charge is 2.07. The molecule has 0 saturated heterocycles. The molecule has 9 heavy (non-hydrogen) atoms. The van der Waals surface area contributed by atoms with E-state index in [-0.39, 0.29) is 4.24 Å². The highest BCUT2D eigenvalue weighted by molar-refractivity contribution is 8.17. The van der Waals surface area contributed by atoms with Crippen molar-refractivity contribution in [3.63, 3.8) is 0 Å². The second-order valence-corrected chi connectivity index (χ2v) is 3.99. The third-order valence-corrected chi connectivity index (χ3v) is 3.35. The SMILES string of the molecule is CC=C(SC)S(N)(=O)=O. The summed E-state index contributed by atoms with van der Waals surface area (Å²) in [5, 5.41) is 4.78. The standard InChI is InChI=1S/C4H9NO2S2/c1-3-4(8-2)9(5,6)7/h3H,1-2H3,(H2,5,6,7). The van der Waals surface area contributed by atoms with Gasteiger partial charge in [-0.2, -0.15) is 0 Å². The zero-order chi connectivity index (χ0) is 7.49. The first-order valence-electron chi connectivity index (χ1n) is 2.25. The fourth-order valence-electron chi connectivity index (χ4n) is 0.398. The molecule has 0 aromatic carbocycles. The lowest BCUT2D eigenvalue weighted by Crippen LogP contribution is -2.12. The van der Waals surface area contributed by atoms with Crippen LogP contribution in [-0.2, 0) is 10.0 Å². The van der Waals surface area contributed by atoms with Crippen molar-refractivity contribution in [1.82, 2.24) is 0 Å². The predicted molar refractivity (Wildman–Crippen MR) is 40.4 cm³/mol. The van der Waals surface area contributed by atoms with Crippen molar-refractivity contribution in [3.05, 3.63) is 10.3 Å². The predicted octanol–water partition coefficient (Wildman–Crippen LogP) is 0.499. The van der Waals surface area contributed by atoms with E-state index >= 15 is 0 Å². The Balaban J connectivity index is 4.56. The fourth-order valence-corrected chi connectivity index (χ4v) is 1.89. The first kappa shape index (κ1) is 9.00. The number of nitrogens with two attached hydrogens (primary N) is 1. The van der Waals surface area contributed by atoms with Gasteiger partial charge in [-0.3, -0.25) is 0 Å². The van der Waals surface area contributed by atoms with Crippen LogP contribution in [0.4, 0.5) is 0 Å². The summed E-state index contributed by atoms with van der Waals surface area (Å²) >= 11 is 1.12. The molecule has 0 atom stereocenters. The number of hydrogen-bond acceptors (Lipinski definition) is 3. The van der Waals surface area contributed by atoms with Gasteiger partial charge in [-0.05, 0) is 13.2 Å². The maximum absolute atomic E-state index is 10.5. The van der Waals surface area contributed by atoms with E-state index in [1.165, 1.54) is 6.08 Å². The van der Waals surface area contributed by atoms with Crippen LogP contribution < -0.4 is 5.14 Å². The molecule has 0 aliphatic heterocycles. The van der Waals surface area contributed by atoms with E-state index < -0.39 is 10.0 Å². The van der Waals surface area contributed by atoms with Crippen molar-refractivity contribution in [2.75, 3.05) is 6.26 Å². The number of hydrogen-bond donors (Lipinski definition) is 1. The van der Waals surface area contributed by atoms with Gasteiger partial charge in [0.05, 0.1) is 0 Å². The van der Waals surface area contributed by atoms with Crippen molar-refractivity contribution in [2.45, 2.75) is 6.92 Å². The van der Waals surface area contributed by atoms with E-state index in [9.17, 15) is 8.42 Å². The van der Waals surface area contributed by atoms with Crippen molar-refractivity contribution in [1.29, 1.82) is 0 Å². The maximum atomic E-state index is 10.5. The topological polar surface area (TPSA) is 60.2 Å². The van der Waals surface area contributed by atoms with E-state index in [4.69, 9.17) is 5.14 Å². The van der Waals surface area contributed by atoms with Crippen LogP contribution in [0.15, 0.2) is 10.3 Å². The summed E-state index contributed by atoms with van der Waals surface area (Å²) in [6.07, 6.45) is 3.14. The van der Waals surface area contributed by atoms with E-state index in [0.29, 0.717) is 0 Å². The second kappa shape index (κ2) is 3.24. The molecule has 0 fully saturated rings. The molecule has 0 spiro atoms. The van der Waals surface area contributed by atoms with Crippen molar-refractivity contribution >= 4 is 21.8 Å². The van der Waals surface area contributed by atoms with Gasteiger partial charge in [0, 0.05) is 0 Å². The molecule has 0 aliphatic rings. The second-order valence-electron chi connectivity index (χ2n) is 1.36. The van der Waals surface area contributed by atoms with Gasteiger partial charge in [-0.15, -0.1) is 11.8 Å². The quantitative estimate of drug-likeness (QED) is 0.651. The van der Waals surface area contributed by atoms with Crippen LogP contribution in [-0.4, -0.2) is 14.7 Å². The molecule has 0 aliphatic carbocycles. The third-order valence-electron chi connectivity index (χ3n) is 0.717. The van der Waals surface area contributed by atoms with E-state index in [0.717, 1.165) is 11.8 Å². The van der Waals surface area contributed by atoms with Crippen molar-refractivity contribution in [2.24, 2.45) is 5.14 Å². The van der Waals surface area contributed by atoms with Gasteiger partial charge in [0.15, 0.2) is 0 Å². The average Bonchev–Trinajstić information content (AvgIpc) is 1.65. The monoisotopic (exact) mass is 167 g/mol. The Morgan fingerprint density at radius 1 is 1.67 bits per heavy atom. The van der Waals surface area contributed by atoms with Gasteiger partial charge in [-0.1, -0.05) is 6.08 Å². The van der Waals surface area contributed by atoms with Crippen LogP contribution in [0.1, 0.15) is 6.92 Å². The van der Waals surface area contributed by atoms with Crippen LogP contribution in [0.2, 0.25) is 0 Å². The molecular formula is C4H9NO2S2. The Morgan fingerprint density at radius 2 is 2.11 bits per heavy atom. The normalized spacial score (nSPS) is 13.9. The molecular weight excluding hydrogens is 158 g/mol. The van der Waals surface area contributed by atoms with Gasteiger partial charge in [0.25, 0.3) is 0 Å². The molecule has 0 unspecified atom stereocenters. The smallest absolute Gasteiger partial charge is 0.224 e. The maximum Gasteiger partial charge on any atom is 0.243 e. The van der Waals surface area contributed by atoms with Crippen LogP contribution >= 0.6 is 11.8 Å². The molecule has 0 amide bonds. The van der Waals surface area contributed by atoms with E-state index in [1.54, 1.807) is 13.2 Å². The fraction of sp³-hybridized carbons (Fsp3) is 0.500. The summed E-state index contributed by atoms with van der Waals surface area (Å²) in [7, 11) is -3.44. The molecule has 0 rings (SSSR count). The molecule has 0 saturated carbocycles. The first-order chi connectivity index (χ1) is 4.02. The van der Waals surface area contributed by atoms with Gasteiger partial charge in [0.2, 0.25) is 10.0 Å². The molecule has 0 aromatic heterocycles. The zero-order valence-corrected chi connectivity index (χ0v) is 6.92. The highest BCUT2D eigenvalue weighted by Crippen LogP contribution is 2.14. The summed E-state index contributed by atoms with van der Waals surface area (Å²) < 4.78 is 21.2. The molecule has 0 aromatic rings. The molecule has 0 bridgehead atoms. The molecule has 2 N–H and O–H groups in total. The molecule has 3 nitrogen and oxygen atoms in total. The number of primary sulfonamides is 1. The van der Waals surface area contributed by atoms with Gasteiger partial charge >= 0.3 is 0 Å². The summed E-state index contributed by atoms with van der Waals surface area (Å²) in [4.78, 5) is 0. The Hall–Kier alpha value is -0.0000000000000000555. The Bertz CT molecular complexity index is 205. The Kier molecular flexibility index (Phi) is 3.24. The number of thioether (sulfide) groups is 1. The van der Waals surface area contributed by atoms with Gasteiger partial charge in [-0.25, -0.2) is 13.6 Å². The lowest BCUT2D eigenvalue weighted by Gasteiger charge is -1.96. The number of sulfonamides is 1.